The number of carbonyl (C=O) groups is 3. The van der Waals surface area contributed by atoms with Gasteiger partial charge in [0.15, 0.2) is 6.10 Å². The van der Waals surface area contributed by atoms with Crippen LogP contribution in [0.5, 0.6) is 5.75 Å². The zero-order valence-corrected chi connectivity index (χ0v) is 14.9. The summed E-state index contributed by atoms with van der Waals surface area (Å²) in [6, 6.07) is 6.77. The quantitative estimate of drug-likeness (QED) is 0.836. The number of aromatic nitrogens is 1. The van der Waals surface area contributed by atoms with Crippen LogP contribution in [-0.4, -0.2) is 64.8 Å². The maximum atomic E-state index is 12.8. The van der Waals surface area contributed by atoms with E-state index >= 15 is 0 Å². The Hall–Kier alpha value is -3.29. The van der Waals surface area contributed by atoms with Crippen molar-refractivity contribution in [1.29, 1.82) is 0 Å². The van der Waals surface area contributed by atoms with Crippen LogP contribution in [0.1, 0.15) is 27.6 Å². The van der Waals surface area contributed by atoms with E-state index in [0.29, 0.717) is 48.7 Å². The Labute approximate surface area is 156 Å². The Balaban J connectivity index is 1.42. The van der Waals surface area contributed by atoms with E-state index in [1.54, 1.807) is 53.4 Å². The van der Waals surface area contributed by atoms with Gasteiger partial charge in [0.2, 0.25) is 0 Å². The monoisotopic (exact) mass is 368 g/mol. The second-order valence-corrected chi connectivity index (χ2v) is 6.64. The van der Waals surface area contributed by atoms with Gasteiger partial charge >= 0.3 is 0 Å². The third-order valence-corrected chi connectivity index (χ3v) is 4.86. The molecule has 1 atom stereocenters. The Morgan fingerprint density at radius 3 is 2.33 bits per heavy atom. The first-order chi connectivity index (χ1) is 13.0. The number of fused-ring (bicyclic) bond motifs is 1. The van der Waals surface area contributed by atoms with Crippen molar-refractivity contribution in [2.45, 2.75) is 13.0 Å². The van der Waals surface area contributed by atoms with Gasteiger partial charge in [0.1, 0.15) is 5.75 Å². The van der Waals surface area contributed by atoms with Gasteiger partial charge in [0.05, 0.1) is 11.3 Å². The number of nitrogens with one attached hydrogen (secondary N) is 2. The van der Waals surface area contributed by atoms with E-state index in [0.717, 1.165) is 0 Å². The normalized spacial score (nSPS) is 19.1. The lowest BCUT2D eigenvalue weighted by molar-refractivity contribution is -0.122. The number of aromatic amines is 1. The van der Waals surface area contributed by atoms with Crippen molar-refractivity contribution in [3.8, 4) is 5.75 Å². The molecular formula is C19H20N4O4. The lowest BCUT2D eigenvalue weighted by atomic mass is 10.1. The minimum atomic E-state index is -0.551. The predicted octanol–water partition coefficient (Wildman–Crippen LogP) is 1.33. The van der Waals surface area contributed by atoms with Crippen LogP contribution in [0.4, 0.5) is 5.69 Å². The fourth-order valence-electron chi connectivity index (χ4n) is 3.28. The molecule has 8 heteroatoms. The summed E-state index contributed by atoms with van der Waals surface area (Å²) in [6.45, 7) is 3.57. The van der Waals surface area contributed by atoms with Gasteiger partial charge < -0.3 is 24.8 Å². The van der Waals surface area contributed by atoms with Gasteiger partial charge in [-0.15, -0.1) is 0 Å². The number of amides is 3. The average Bonchev–Trinajstić information content (AvgIpc) is 3.22. The van der Waals surface area contributed by atoms with E-state index < -0.39 is 6.10 Å². The van der Waals surface area contributed by atoms with Crippen molar-refractivity contribution in [3.63, 3.8) is 0 Å². The van der Waals surface area contributed by atoms with E-state index in [-0.39, 0.29) is 17.7 Å². The van der Waals surface area contributed by atoms with Crippen LogP contribution < -0.4 is 10.1 Å². The number of hydrogen-bond acceptors (Lipinski definition) is 4. The molecule has 1 unspecified atom stereocenters. The number of benzene rings is 1. The molecule has 3 heterocycles. The first kappa shape index (κ1) is 17.1. The minimum absolute atomic E-state index is 0.0360. The summed E-state index contributed by atoms with van der Waals surface area (Å²) in [6.07, 6.45) is 2.83. The van der Waals surface area contributed by atoms with Crippen LogP contribution in [0.15, 0.2) is 36.7 Å². The van der Waals surface area contributed by atoms with Gasteiger partial charge in [-0.1, -0.05) is 0 Å². The highest BCUT2D eigenvalue weighted by molar-refractivity contribution is 6.01. The molecule has 0 spiro atoms. The maximum absolute atomic E-state index is 12.8. The number of carbonyl (C=O) groups excluding carboxylic acids is 3. The van der Waals surface area contributed by atoms with E-state index in [1.165, 1.54) is 0 Å². The van der Waals surface area contributed by atoms with Gasteiger partial charge in [-0.2, -0.15) is 0 Å². The molecule has 2 N–H and O–H groups in total. The number of piperazine rings is 1. The molecule has 0 aliphatic carbocycles. The fraction of sp³-hybridized carbons (Fsp3) is 0.316. The van der Waals surface area contributed by atoms with E-state index in [1.807, 2.05) is 0 Å². The van der Waals surface area contributed by atoms with Crippen LogP contribution in [-0.2, 0) is 4.79 Å². The number of rotatable bonds is 2. The molecule has 0 radical (unpaired) electrons. The summed E-state index contributed by atoms with van der Waals surface area (Å²) in [5, 5.41) is 2.75. The summed E-state index contributed by atoms with van der Waals surface area (Å²) in [5.41, 5.74) is 1.61. The predicted molar refractivity (Wildman–Crippen MR) is 97.8 cm³/mol. The second-order valence-electron chi connectivity index (χ2n) is 6.64. The smallest absolute Gasteiger partial charge is 0.265 e. The van der Waals surface area contributed by atoms with Crippen molar-refractivity contribution in [2.24, 2.45) is 0 Å². The number of nitrogens with zero attached hydrogens (tertiary/aromatic N) is 2. The van der Waals surface area contributed by atoms with Gasteiger partial charge in [-0.3, -0.25) is 14.4 Å². The molecule has 1 aromatic carbocycles. The lowest BCUT2D eigenvalue weighted by Gasteiger charge is -2.35. The van der Waals surface area contributed by atoms with Crippen molar-refractivity contribution in [3.05, 3.63) is 47.8 Å². The Morgan fingerprint density at radius 2 is 1.70 bits per heavy atom. The molecule has 3 amide bonds. The minimum Gasteiger partial charge on any atom is -0.479 e. The average molecular weight is 368 g/mol. The first-order valence-corrected chi connectivity index (χ1v) is 8.86. The van der Waals surface area contributed by atoms with Crippen LogP contribution in [0.25, 0.3) is 0 Å². The van der Waals surface area contributed by atoms with Crippen molar-refractivity contribution in [2.75, 3.05) is 31.5 Å². The molecule has 1 saturated heterocycles. The standard InChI is InChI=1S/C19H20N4O4/c1-12-17(24)21-15-10-13(2-3-16(15)27-12)18(25)22-6-8-23(9-7-22)19(26)14-4-5-20-11-14/h2-5,10-12,20H,6-9H2,1H3,(H,21,24). The maximum Gasteiger partial charge on any atom is 0.265 e. The molecular weight excluding hydrogens is 348 g/mol. The highest BCUT2D eigenvalue weighted by Gasteiger charge is 2.28. The number of H-pyrrole nitrogens is 1. The first-order valence-electron chi connectivity index (χ1n) is 8.86. The summed E-state index contributed by atoms with van der Waals surface area (Å²) >= 11 is 0. The van der Waals surface area contributed by atoms with Crippen molar-refractivity contribution in [1.82, 2.24) is 14.8 Å². The zero-order valence-electron chi connectivity index (χ0n) is 14.9. The second kappa shape index (κ2) is 6.79. The van der Waals surface area contributed by atoms with Gasteiger partial charge in [0, 0.05) is 44.1 Å². The van der Waals surface area contributed by atoms with Gasteiger partial charge in [-0.25, -0.2) is 0 Å². The molecule has 8 nitrogen and oxygen atoms in total. The van der Waals surface area contributed by atoms with Crippen molar-refractivity contribution >= 4 is 23.4 Å². The molecule has 2 aromatic rings. The lowest BCUT2D eigenvalue weighted by Crippen LogP contribution is -2.50. The molecule has 2 aliphatic rings. The molecule has 2 aliphatic heterocycles. The van der Waals surface area contributed by atoms with Crippen LogP contribution in [0, 0.1) is 0 Å². The zero-order chi connectivity index (χ0) is 19.0. The van der Waals surface area contributed by atoms with E-state index in [4.69, 9.17) is 4.74 Å². The summed E-state index contributed by atoms with van der Waals surface area (Å²) in [7, 11) is 0. The Morgan fingerprint density at radius 1 is 1.04 bits per heavy atom. The summed E-state index contributed by atoms with van der Waals surface area (Å²) < 4.78 is 5.52. The fourth-order valence-corrected chi connectivity index (χ4v) is 3.28. The van der Waals surface area contributed by atoms with Gasteiger partial charge in [-0.05, 0) is 31.2 Å². The van der Waals surface area contributed by atoms with Crippen LogP contribution in [0.3, 0.4) is 0 Å². The van der Waals surface area contributed by atoms with Crippen molar-refractivity contribution < 1.29 is 19.1 Å². The van der Waals surface area contributed by atoms with Gasteiger partial charge in [0.25, 0.3) is 17.7 Å². The molecule has 27 heavy (non-hydrogen) atoms. The molecule has 0 saturated carbocycles. The summed E-state index contributed by atoms with van der Waals surface area (Å²) in [5.74, 6) is 0.162. The number of anilines is 1. The molecule has 140 valence electrons. The van der Waals surface area contributed by atoms with Crippen LogP contribution >= 0.6 is 0 Å². The van der Waals surface area contributed by atoms with Crippen LogP contribution in [0.2, 0.25) is 0 Å². The molecule has 4 rings (SSSR count). The highest BCUT2D eigenvalue weighted by atomic mass is 16.5. The third kappa shape index (κ3) is 3.25. The largest absolute Gasteiger partial charge is 0.479 e. The Kier molecular flexibility index (Phi) is 4.31. The van der Waals surface area contributed by atoms with E-state index in [2.05, 4.69) is 10.3 Å². The molecule has 1 aromatic heterocycles. The Bertz CT molecular complexity index is 885. The number of hydrogen-bond donors (Lipinski definition) is 2. The topological polar surface area (TPSA) is 94.7 Å². The molecule has 1 fully saturated rings. The molecule has 0 bridgehead atoms. The third-order valence-electron chi connectivity index (χ3n) is 4.86. The SMILES string of the molecule is CC1Oc2ccc(C(=O)N3CCN(C(=O)c4cc[nH]c4)CC3)cc2NC1=O. The number of ether oxygens (including phenoxy) is 1. The van der Waals surface area contributed by atoms with E-state index in [9.17, 15) is 14.4 Å². The summed E-state index contributed by atoms with van der Waals surface area (Å²) in [4.78, 5) is 43.3. The highest BCUT2D eigenvalue weighted by Crippen LogP contribution is 2.30.